The van der Waals surface area contributed by atoms with Gasteiger partial charge in [-0.2, -0.15) is 0 Å². The minimum Gasteiger partial charge on any atom is -0.462 e. The number of hydrogen-bond donors (Lipinski definition) is 1. The van der Waals surface area contributed by atoms with Crippen molar-refractivity contribution >= 4 is 40.9 Å². The molecule has 0 spiro atoms. The lowest BCUT2D eigenvalue weighted by Gasteiger charge is -2.11. The highest BCUT2D eigenvalue weighted by molar-refractivity contribution is 7.98. The molecule has 0 bridgehead atoms. The zero-order valence-corrected chi connectivity index (χ0v) is 18.3. The first-order valence-electron chi connectivity index (χ1n) is 9.52. The van der Waals surface area contributed by atoms with Crippen molar-refractivity contribution in [3.63, 3.8) is 0 Å². The molecule has 0 saturated carbocycles. The number of nitrogens with one attached hydrogen (secondary N) is 1. The molecule has 1 amide bonds. The van der Waals surface area contributed by atoms with Crippen LogP contribution in [0.2, 0.25) is 5.02 Å². The van der Waals surface area contributed by atoms with Crippen molar-refractivity contribution in [1.29, 1.82) is 0 Å². The van der Waals surface area contributed by atoms with Gasteiger partial charge in [-0.05, 0) is 73.5 Å². The average Bonchev–Trinajstić information content (AvgIpc) is 2.75. The van der Waals surface area contributed by atoms with Crippen LogP contribution in [-0.4, -0.2) is 18.5 Å². The second-order valence-corrected chi connectivity index (χ2v) is 8.13. The predicted octanol–water partition coefficient (Wildman–Crippen LogP) is 6.37. The Labute approximate surface area is 185 Å². The van der Waals surface area contributed by atoms with Crippen LogP contribution in [0.4, 0.5) is 5.69 Å². The van der Waals surface area contributed by atoms with Crippen molar-refractivity contribution < 1.29 is 14.3 Å². The van der Waals surface area contributed by atoms with Crippen LogP contribution >= 0.6 is 23.4 Å². The highest BCUT2D eigenvalue weighted by atomic mass is 35.5. The van der Waals surface area contributed by atoms with Crippen LogP contribution in [0.5, 0.6) is 0 Å². The van der Waals surface area contributed by atoms with E-state index in [2.05, 4.69) is 5.32 Å². The van der Waals surface area contributed by atoms with Gasteiger partial charge in [0.05, 0.1) is 12.2 Å². The van der Waals surface area contributed by atoms with E-state index in [1.54, 1.807) is 49.0 Å². The third-order valence-corrected chi connectivity index (χ3v) is 5.77. The molecule has 3 rings (SSSR count). The molecule has 30 heavy (non-hydrogen) atoms. The molecule has 3 aromatic carbocycles. The van der Waals surface area contributed by atoms with Crippen LogP contribution in [0, 0.1) is 6.92 Å². The van der Waals surface area contributed by atoms with E-state index in [1.807, 2.05) is 43.3 Å². The molecule has 0 aliphatic heterocycles. The summed E-state index contributed by atoms with van der Waals surface area (Å²) < 4.78 is 5.03. The normalized spacial score (nSPS) is 10.5. The standard InChI is InChI=1S/C24H22ClNO3S/c1-3-29-24(28)19-7-4-16(2)22(14-19)26-23(27)18-8-5-17(6-9-18)15-30-21-12-10-20(25)11-13-21/h4-14H,3,15H2,1-2H3,(H,26,27). The molecule has 6 heteroatoms. The van der Waals surface area contributed by atoms with Gasteiger partial charge in [-0.1, -0.05) is 29.8 Å². The maximum absolute atomic E-state index is 12.7. The molecule has 0 saturated heterocycles. The fourth-order valence-electron chi connectivity index (χ4n) is 2.74. The fraction of sp³-hybridized carbons (Fsp3) is 0.167. The van der Waals surface area contributed by atoms with Gasteiger partial charge in [0.1, 0.15) is 0 Å². The van der Waals surface area contributed by atoms with Crippen molar-refractivity contribution in [3.05, 3.63) is 94.0 Å². The summed E-state index contributed by atoms with van der Waals surface area (Å²) in [6.45, 7) is 3.94. The SMILES string of the molecule is CCOC(=O)c1ccc(C)c(NC(=O)c2ccc(CSc3ccc(Cl)cc3)cc2)c1. The number of amides is 1. The van der Waals surface area contributed by atoms with Gasteiger partial charge in [-0.3, -0.25) is 4.79 Å². The van der Waals surface area contributed by atoms with Crippen LogP contribution in [0.3, 0.4) is 0 Å². The Morgan fingerprint density at radius 1 is 0.967 bits per heavy atom. The number of benzene rings is 3. The van der Waals surface area contributed by atoms with Gasteiger partial charge < -0.3 is 10.1 Å². The number of hydrogen-bond acceptors (Lipinski definition) is 4. The zero-order chi connectivity index (χ0) is 21.5. The first-order valence-corrected chi connectivity index (χ1v) is 10.9. The second kappa shape index (κ2) is 10.3. The molecular weight excluding hydrogens is 418 g/mol. The molecule has 154 valence electrons. The van der Waals surface area contributed by atoms with Gasteiger partial charge in [-0.25, -0.2) is 4.79 Å². The molecule has 0 aromatic heterocycles. The van der Waals surface area contributed by atoms with Gasteiger partial charge in [0, 0.05) is 26.9 Å². The molecule has 1 N–H and O–H groups in total. The van der Waals surface area contributed by atoms with Crippen LogP contribution < -0.4 is 5.32 Å². The molecule has 0 atom stereocenters. The topological polar surface area (TPSA) is 55.4 Å². The molecule has 3 aromatic rings. The third kappa shape index (κ3) is 5.88. The van der Waals surface area contributed by atoms with Crippen LogP contribution in [0.1, 0.15) is 38.8 Å². The first kappa shape index (κ1) is 21.9. The summed E-state index contributed by atoms with van der Waals surface area (Å²) in [6.07, 6.45) is 0. The number of ether oxygens (including phenoxy) is 1. The van der Waals surface area contributed by atoms with E-state index in [1.165, 1.54) is 0 Å². The number of esters is 1. The van der Waals surface area contributed by atoms with Gasteiger partial charge in [-0.15, -0.1) is 11.8 Å². The molecule has 4 nitrogen and oxygen atoms in total. The van der Waals surface area contributed by atoms with E-state index >= 15 is 0 Å². The first-order chi connectivity index (χ1) is 14.5. The number of carbonyl (C=O) groups is 2. The molecular formula is C24H22ClNO3S. The number of anilines is 1. The van der Waals surface area contributed by atoms with E-state index in [4.69, 9.17) is 16.3 Å². The van der Waals surface area contributed by atoms with E-state index in [-0.39, 0.29) is 5.91 Å². The minimum atomic E-state index is -0.407. The highest BCUT2D eigenvalue weighted by Gasteiger charge is 2.12. The summed E-state index contributed by atoms with van der Waals surface area (Å²) in [6, 6.07) is 20.3. The van der Waals surface area contributed by atoms with E-state index in [0.717, 1.165) is 26.8 Å². The summed E-state index contributed by atoms with van der Waals surface area (Å²) in [7, 11) is 0. The highest BCUT2D eigenvalue weighted by Crippen LogP contribution is 2.25. The van der Waals surface area contributed by atoms with Crippen LogP contribution in [-0.2, 0) is 10.5 Å². The molecule has 0 radical (unpaired) electrons. The van der Waals surface area contributed by atoms with Crippen molar-refractivity contribution in [3.8, 4) is 0 Å². The maximum Gasteiger partial charge on any atom is 0.338 e. The lowest BCUT2D eigenvalue weighted by molar-refractivity contribution is 0.0526. The summed E-state index contributed by atoms with van der Waals surface area (Å²) in [5.41, 5.74) is 3.54. The lowest BCUT2D eigenvalue weighted by atomic mass is 10.1. The number of rotatable bonds is 7. The van der Waals surface area contributed by atoms with Crippen molar-refractivity contribution in [2.24, 2.45) is 0 Å². The Bertz CT molecular complexity index is 1030. The number of aryl methyl sites for hydroxylation is 1. The second-order valence-electron chi connectivity index (χ2n) is 6.64. The van der Waals surface area contributed by atoms with Crippen molar-refractivity contribution in [2.75, 3.05) is 11.9 Å². The van der Waals surface area contributed by atoms with E-state index in [0.29, 0.717) is 23.4 Å². The average molecular weight is 440 g/mol. The summed E-state index contributed by atoms with van der Waals surface area (Å²) in [4.78, 5) is 25.7. The largest absolute Gasteiger partial charge is 0.462 e. The van der Waals surface area contributed by atoms with Gasteiger partial charge in [0.2, 0.25) is 0 Å². The fourth-order valence-corrected chi connectivity index (χ4v) is 3.72. The Hall–Kier alpha value is -2.76. The van der Waals surface area contributed by atoms with E-state index in [9.17, 15) is 9.59 Å². The molecule has 0 heterocycles. The summed E-state index contributed by atoms with van der Waals surface area (Å²) in [5.74, 6) is 0.163. The lowest BCUT2D eigenvalue weighted by Crippen LogP contribution is -2.14. The summed E-state index contributed by atoms with van der Waals surface area (Å²) >= 11 is 7.62. The van der Waals surface area contributed by atoms with Gasteiger partial charge in [0.15, 0.2) is 0 Å². The molecule has 0 unspecified atom stereocenters. The Morgan fingerprint density at radius 2 is 1.63 bits per heavy atom. The van der Waals surface area contributed by atoms with E-state index < -0.39 is 5.97 Å². The third-order valence-electron chi connectivity index (χ3n) is 4.43. The number of thioether (sulfide) groups is 1. The molecule has 0 aliphatic rings. The van der Waals surface area contributed by atoms with Crippen molar-refractivity contribution in [1.82, 2.24) is 0 Å². The van der Waals surface area contributed by atoms with Crippen LogP contribution in [0.15, 0.2) is 71.6 Å². The predicted molar refractivity (Wildman–Crippen MR) is 123 cm³/mol. The van der Waals surface area contributed by atoms with Gasteiger partial charge >= 0.3 is 5.97 Å². The van der Waals surface area contributed by atoms with Crippen LogP contribution in [0.25, 0.3) is 0 Å². The molecule has 0 fully saturated rings. The summed E-state index contributed by atoms with van der Waals surface area (Å²) in [5, 5.41) is 3.60. The van der Waals surface area contributed by atoms with Crippen molar-refractivity contribution in [2.45, 2.75) is 24.5 Å². The number of halogens is 1. The number of carbonyl (C=O) groups excluding carboxylic acids is 2. The maximum atomic E-state index is 12.7. The Morgan fingerprint density at radius 3 is 2.30 bits per heavy atom. The Kier molecular flexibility index (Phi) is 7.55. The smallest absolute Gasteiger partial charge is 0.338 e. The van der Waals surface area contributed by atoms with Gasteiger partial charge in [0.25, 0.3) is 5.91 Å². The zero-order valence-electron chi connectivity index (χ0n) is 16.8. The quantitative estimate of drug-likeness (QED) is 0.343. The minimum absolute atomic E-state index is 0.226. The molecule has 0 aliphatic carbocycles. The Balaban J connectivity index is 1.64. The monoisotopic (exact) mass is 439 g/mol.